The van der Waals surface area contributed by atoms with Crippen molar-refractivity contribution in [1.82, 2.24) is 9.88 Å². The highest BCUT2D eigenvalue weighted by Crippen LogP contribution is 2.24. The Kier molecular flexibility index (Phi) is 5.26. The first kappa shape index (κ1) is 17.3. The van der Waals surface area contributed by atoms with Gasteiger partial charge in [-0.05, 0) is 49.8 Å². The molecule has 3 rings (SSSR count). The Hall–Kier alpha value is -2.50. The number of H-pyrrole nitrogens is 1. The van der Waals surface area contributed by atoms with Crippen LogP contribution in [0.1, 0.15) is 35.2 Å². The zero-order chi connectivity index (χ0) is 17.8. The molecule has 2 aromatic rings. The molecule has 0 aliphatic carbocycles. The van der Waals surface area contributed by atoms with Crippen molar-refractivity contribution in [1.29, 1.82) is 0 Å². The van der Waals surface area contributed by atoms with E-state index in [9.17, 15) is 18.4 Å². The van der Waals surface area contributed by atoms with Crippen molar-refractivity contribution in [2.75, 3.05) is 13.1 Å². The Balaban J connectivity index is 1.62. The number of pyridine rings is 1. The summed E-state index contributed by atoms with van der Waals surface area (Å²) in [7, 11) is 0. The van der Waals surface area contributed by atoms with Gasteiger partial charge in [-0.25, -0.2) is 8.78 Å². The zero-order valence-electron chi connectivity index (χ0n) is 13.8. The summed E-state index contributed by atoms with van der Waals surface area (Å²) in [5.74, 6) is -0.952. The molecule has 1 aliphatic rings. The SMILES string of the molecule is O=C(c1ccc(=O)[nH]c1)N1CCCC(CCc2c(F)cccc2F)C1. The molecule has 1 aromatic heterocycles. The standard InChI is InChI=1S/C19H20F2N2O2/c20-16-4-1-5-17(21)15(16)8-6-13-3-2-10-23(12-13)19(25)14-7-9-18(24)22-11-14/h1,4-5,7,9,11,13H,2-3,6,8,10,12H2,(H,22,24). The Bertz CT molecular complexity index is 779. The molecule has 1 unspecified atom stereocenters. The summed E-state index contributed by atoms with van der Waals surface area (Å²) >= 11 is 0. The summed E-state index contributed by atoms with van der Waals surface area (Å²) in [6.07, 6.45) is 4.17. The molecule has 0 radical (unpaired) electrons. The van der Waals surface area contributed by atoms with Crippen LogP contribution in [0.25, 0.3) is 0 Å². The lowest BCUT2D eigenvalue weighted by atomic mass is 9.91. The largest absolute Gasteiger partial charge is 0.338 e. The fourth-order valence-corrected chi connectivity index (χ4v) is 3.33. The molecule has 0 saturated carbocycles. The maximum absolute atomic E-state index is 13.7. The van der Waals surface area contributed by atoms with Gasteiger partial charge in [-0.3, -0.25) is 9.59 Å². The summed E-state index contributed by atoms with van der Waals surface area (Å²) in [6, 6.07) is 6.74. The number of halogens is 2. The van der Waals surface area contributed by atoms with Gasteiger partial charge in [-0.2, -0.15) is 0 Å². The third kappa shape index (κ3) is 4.13. The second kappa shape index (κ2) is 7.59. The van der Waals surface area contributed by atoms with Crippen LogP contribution in [0.5, 0.6) is 0 Å². The molecule has 1 atom stereocenters. The Morgan fingerprint density at radius 1 is 1.20 bits per heavy atom. The Morgan fingerprint density at radius 3 is 2.64 bits per heavy atom. The molecule has 132 valence electrons. The highest BCUT2D eigenvalue weighted by molar-refractivity contribution is 5.93. The molecular formula is C19H20F2N2O2. The molecule has 2 heterocycles. The first-order valence-corrected chi connectivity index (χ1v) is 8.45. The van der Waals surface area contributed by atoms with E-state index in [0.717, 1.165) is 12.8 Å². The number of rotatable bonds is 4. The maximum Gasteiger partial charge on any atom is 0.255 e. The average Bonchev–Trinajstić information content (AvgIpc) is 2.62. The van der Waals surface area contributed by atoms with Crippen LogP contribution in [0.15, 0.2) is 41.3 Å². The first-order valence-electron chi connectivity index (χ1n) is 8.45. The van der Waals surface area contributed by atoms with Crippen LogP contribution in [-0.2, 0) is 6.42 Å². The van der Waals surface area contributed by atoms with Crippen LogP contribution in [0.3, 0.4) is 0 Å². The van der Waals surface area contributed by atoms with Gasteiger partial charge in [0.15, 0.2) is 0 Å². The number of nitrogens with one attached hydrogen (secondary N) is 1. The number of carbonyl (C=O) groups is 1. The van der Waals surface area contributed by atoms with Crippen LogP contribution < -0.4 is 5.56 Å². The third-order valence-corrected chi connectivity index (χ3v) is 4.70. The van der Waals surface area contributed by atoms with E-state index >= 15 is 0 Å². The number of amides is 1. The summed E-state index contributed by atoms with van der Waals surface area (Å²) in [5.41, 5.74) is 0.312. The van der Waals surface area contributed by atoms with Gasteiger partial charge in [0.1, 0.15) is 11.6 Å². The molecule has 6 heteroatoms. The van der Waals surface area contributed by atoms with E-state index in [1.807, 2.05) is 0 Å². The number of piperidine rings is 1. The van der Waals surface area contributed by atoms with Crippen LogP contribution in [0.4, 0.5) is 8.78 Å². The quantitative estimate of drug-likeness (QED) is 0.925. The predicted molar refractivity (Wildman–Crippen MR) is 90.4 cm³/mol. The number of benzene rings is 1. The van der Waals surface area contributed by atoms with Crippen molar-refractivity contribution < 1.29 is 13.6 Å². The van der Waals surface area contributed by atoms with Crippen molar-refractivity contribution in [3.63, 3.8) is 0 Å². The fraction of sp³-hybridized carbons (Fsp3) is 0.368. The minimum atomic E-state index is -0.517. The van der Waals surface area contributed by atoms with Gasteiger partial charge < -0.3 is 9.88 Å². The van der Waals surface area contributed by atoms with E-state index in [2.05, 4.69) is 4.98 Å². The summed E-state index contributed by atoms with van der Waals surface area (Å²) < 4.78 is 27.5. The molecule has 25 heavy (non-hydrogen) atoms. The maximum atomic E-state index is 13.7. The van der Waals surface area contributed by atoms with Crippen molar-refractivity contribution in [3.8, 4) is 0 Å². The number of carbonyl (C=O) groups excluding carboxylic acids is 1. The molecule has 1 amide bonds. The highest BCUT2D eigenvalue weighted by atomic mass is 19.1. The third-order valence-electron chi connectivity index (χ3n) is 4.70. The lowest BCUT2D eigenvalue weighted by molar-refractivity contribution is 0.0667. The second-order valence-corrected chi connectivity index (χ2v) is 6.44. The van der Waals surface area contributed by atoms with E-state index < -0.39 is 11.6 Å². The summed E-state index contributed by atoms with van der Waals surface area (Å²) in [6.45, 7) is 1.22. The number of nitrogens with zero attached hydrogens (tertiary/aromatic N) is 1. The van der Waals surface area contributed by atoms with Crippen molar-refractivity contribution >= 4 is 5.91 Å². The minimum Gasteiger partial charge on any atom is -0.338 e. The van der Waals surface area contributed by atoms with E-state index in [0.29, 0.717) is 31.5 Å². The molecule has 1 aliphatic heterocycles. The van der Waals surface area contributed by atoms with E-state index in [1.165, 1.54) is 36.5 Å². The highest BCUT2D eigenvalue weighted by Gasteiger charge is 2.25. The number of hydrogen-bond donors (Lipinski definition) is 1. The monoisotopic (exact) mass is 346 g/mol. The van der Waals surface area contributed by atoms with Crippen molar-refractivity contribution in [2.24, 2.45) is 5.92 Å². The fourth-order valence-electron chi connectivity index (χ4n) is 3.33. The molecule has 0 spiro atoms. The lowest BCUT2D eigenvalue weighted by Gasteiger charge is -2.33. The molecule has 0 bridgehead atoms. The van der Waals surface area contributed by atoms with E-state index in [4.69, 9.17) is 0 Å². The summed E-state index contributed by atoms with van der Waals surface area (Å²) in [4.78, 5) is 27.9. The topological polar surface area (TPSA) is 53.2 Å². The summed E-state index contributed by atoms with van der Waals surface area (Å²) in [5, 5.41) is 0. The number of aromatic nitrogens is 1. The van der Waals surface area contributed by atoms with Gasteiger partial charge in [0.25, 0.3) is 5.91 Å². The van der Waals surface area contributed by atoms with Gasteiger partial charge in [-0.1, -0.05) is 6.07 Å². The van der Waals surface area contributed by atoms with Gasteiger partial charge in [0, 0.05) is 30.9 Å². The first-order chi connectivity index (χ1) is 12.0. The molecule has 4 nitrogen and oxygen atoms in total. The van der Waals surface area contributed by atoms with E-state index in [-0.39, 0.29) is 22.9 Å². The smallest absolute Gasteiger partial charge is 0.255 e. The second-order valence-electron chi connectivity index (χ2n) is 6.44. The average molecular weight is 346 g/mol. The van der Waals surface area contributed by atoms with Crippen LogP contribution in [-0.4, -0.2) is 28.9 Å². The lowest BCUT2D eigenvalue weighted by Crippen LogP contribution is -2.40. The van der Waals surface area contributed by atoms with Gasteiger partial charge in [0.2, 0.25) is 5.56 Å². The number of hydrogen-bond acceptors (Lipinski definition) is 2. The van der Waals surface area contributed by atoms with Crippen molar-refractivity contribution in [2.45, 2.75) is 25.7 Å². The van der Waals surface area contributed by atoms with E-state index in [1.54, 1.807) is 4.90 Å². The van der Waals surface area contributed by atoms with Crippen LogP contribution in [0.2, 0.25) is 0 Å². The van der Waals surface area contributed by atoms with Gasteiger partial charge in [0.05, 0.1) is 5.56 Å². The molecule has 1 fully saturated rings. The Morgan fingerprint density at radius 2 is 1.96 bits per heavy atom. The van der Waals surface area contributed by atoms with Crippen LogP contribution in [0, 0.1) is 17.6 Å². The number of likely N-dealkylation sites (tertiary alicyclic amines) is 1. The molecule has 1 saturated heterocycles. The normalized spacial score (nSPS) is 17.5. The Labute approximate surface area is 144 Å². The minimum absolute atomic E-state index is 0.117. The molecule has 1 N–H and O–H groups in total. The van der Waals surface area contributed by atoms with Gasteiger partial charge >= 0.3 is 0 Å². The van der Waals surface area contributed by atoms with Crippen LogP contribution >= 0.6 is 0 Å². The molecule has 1 aromatic carbocycles. The zero-order valence-corrected chi connectivity index (χ0v) is 13.8. The molecular weight excluding hydrogens is 326 g/mol. The van der Waals surface area contributed by atoms with Crippen molar-refractivity contribution in [3.05, 3.63) is 69.6 Å². The number of aromatic amines is 1. The van der Waals surface area contributed by atoms with Gasteiger partial charge in [-0.15, -0.1) is 0 Å². The predicted octanol–water partition coefficient (Wildman–Crippen LogP) is 3.14.